The van der Waals surface area contributed by atoms with Crippen molar-refractivity contribution in [3.05, 3.63) is 54.5 Å². The number of imide groups is 1. The lowest BCUT2D eigenvalue weighted by molar-refractivity contribution is -0.119. The van der Waals surface area contributed by atoms with Gasteiger partial charge in [-0.1, -0.05) is 42.1 Å². The number of rotatable bonds is 6. The molecule has 140 valence electrons. The fraction of sp³-hybridized carbons (Fsp3) is 0.222. The van der Waals surface area contributed by atoms with E-state index < -0.39 is 17.3 Å². The minimum absolute atomic E-state index is 0.415. The van der Waals surface area contributed by atoms with Crippen LogP contribution in [-0.2, 0) is 16.1 Å². The summed E-state index contributed by atoms with van der Waals surface area (Å²) in [5.41, 5.74) is 0.898. The predicted octanol–water partition coefficient (Wildman–Crippen LogP) is 2.95. The largest absolute Gasteiger partial charge is 0.467 e. The Bertz CT molecular complexity index is 909. The molecule has 0 aliphatic rings. The van der Waals surface area contributed by atoms with Gasteiger partial charge in [0, 0.05) is 5.56 Å². The molecule has 0 radical (unpaired) electrons. The number of nitrogens with one attached hydrogen (secondary N) is 1. The number of ether oxygens (including phenoxy) is 1. The van der Waals surface area contributed by atoms with Gasteiger partial charge in [0.2, 0.25) is 5.91 Å². The first kappa shape index (κ1) is 18.7. The minimum Gasteiger partial charge on any atom is -0.467 e. The van der Waals surface area contributed by atoms with Gasteiger partial charge in [0.15, 0.2) is 11.0 Å². The van der Waals surface area contributed by atoms with E-state index in [-0.39, 0.29) is 0 Å². The van der Waals surface area contributed by atoms with Crippen molar-refractivity contribution >= 4 is 23.8 Å². The third-order valence-corrected chi connectivity index (χ3v) is 4.79. The van der Waals surface area contributed by atoms with Crippen LogP contribution in [0.5, 0.6) is 0 Å². The van der Waals surface area contributed by atoms with E-state index in [2.05, 4.69) is 20.3 Å². The zero-order valence-electron chi connectivity index (χ0n) is 14.8. The Morgan fingerprint density at radius 3 is 2.67 bits per heavy atom. The number of aromatic nitrogens is 3. The number of hydrogen-bond acceptors (Lipinski definition) is 7. The van der Waals surface area contributed by atoms with Gasteiger partial charge < -0.3 is 9.15 Å². The number of furan rings is 1. The van der Waals surface area contributed by atoms with Crippen molar-refractivity contribution in [2.45, 2.75) is 23.9 Å². The summed E-state index contributed by atoms with van der Waals surface area (Å²) in [6.45, 7) is 2.09. The van der Waals surface area contributed by atoms with Gasteiger partial charge in [-0.05, 0) is 19.1 Å². The van der Waals surface area contributed by atoms with Gasteiger partial charge in [-0.3, -0.25) is 14.7 Å². The molecule has 1 atom stereocenters. The van der Waals surface area contributed by atoms with Crippen molar-refractivity contribution in [2.75, 3.05) is 7.11 Å². The van der Waals surface area contributed by atoms with Crippen LogP contribution in [0.25, 0.3) is 11.4 Å². The van der Waals surface area contributed by atoms with Crippen molar-refractivity contribution in [1.82, 2.24) is 20.1 Å². The van der Waals surface area contributed by atoms with Crippen LogP contribution in [0.3, 0.4) is 0 Å². The molecule has 0 fully saturated rings. The Hall–Kier alpha value is -3.07. The molecule has 1 aromatic carbocycles. The monoisotopic (exact) mass is 386 g/mol. The highest BCUT2D eigenvalue weighted by Crippen LogP contribution is 2.27. The molecule has 3 aromatic rings. The fourth-order valence-corrected chi connectivity index (χ4v) is 3.19. The highest BCUT2D eigenvalue weighted by atomic mass is 32.2. The maximum absolute atomic E-state index is 12.1. The lowest BCUT2D eigenvalue weighted by atomic mass is 10.2. The molecule has 0 aliphatic carbocycles. The second-order valence-corrected chi connectivity index (χ2v) is 6.89. The Balaban J connectivity index is 1.87. The van der Waals surface area contributed by atoms with Crippen LogP contribution in [0.2, 0.25) is 0 Å². The van der Waals surface area contributed by atoms with E-state index in [9.17, 15) is 9.59 Å². The minimum atomic E-state index is -0.797. The van der Waals surface area contributed by atoms with Gasteiger partial charge in [-0.15, -0.1) is 10.2 Å². The molecule has 0 saturated carbocycles. The molecule has 2 aromatic heterocycles. The molecular formula is C18H18N4O4S. The fourth-order valence-electron chi connectivity index (χ4n) is 2.34. The molecule has 0 unspecified atom stereocenters. The van der Waals surface area contributed by atoms with E-state index in [4.69, 9.17) is 4.42 Å². The quantitative estimate of drug-likeness (QED) is 0.650. The highest BCUT2D eigenvalue weighted by Gasteiger charge is 2.22. The molecule has 3 rings (SSSR count). The number of benzene rings is 1. The molecule has 27 heavy (non-hydrogen) atoms. The van der Waals surface area contributed by atoms with Crippen molar-refractivity contribution in [3.8, 4) is 11.4 Å². The van der Waals surface area contributed by atoms with Crippen molar-refractivity contribution in [2.24, 2.45) is 0 Å². The molecule has 2 heterocycles. The topological polar surface area (TPSA) is 99.2 Å². The van der Waals surface area contributed by atoms with Gasteiger partial charge in [-0.25, -0.2) is 4.79 Å². The lowest BCUT2D eigenvalue weighted by Gasteiger charge is -2.12. The Morgan fingerprint density at radius 2 is 2.00 bits per heavy atom. The average molecular weight is 386 g/mol. The zero-order chi connectivity index (χ0) is 19.2. The second kappa shape index (κ2) is 8.54. The van der Waals surface area contributed by atoms with Gasteiger partial charge in [0.05, 0.1) is 25.2 Å². The van der Waals surface area contributed by atoms with Crippen LogP contribution in [0.4, 0.5) is 4.79 Å². The molecular weight excluding hydrogens is 368 g/mol. The number of amides is 2. The van der Waals surface area contributed by atoms with Crippen LogP contribution in [0.1, 0.15) is 12.7 Å². The molecule has 2 amide bonds. The smallest absolute Gasteiger partial charge is 0.413 e. The first-order valence-corrected chi connectivity index (χ1v) is 9.03. The van der Waals surface area contributed by atoms with Gasteiger partial charge in [0.1, 0.15) is 5.76 Å². The second-order valence-electron chi connectivity index (χ2n) is 5.58. The first-order valence-electron chi connectivity index (χ1n) is 8.15. The Labute approximate surface area is 159 Å². The maximum Gasteiger partial charge on any atom is 0.413 e. The SMILES string of the molecule is COC(=O)NC(=O)[C@@H](C)Sc1nnc(-c2ccccc2)n1Cc1ccco1. The molecule has 0 spiro atoms. The van der Waals surface area contributed by atoms with Crippen LogP contribution in [-0.4, -0.2) is 39.1 Å². The maximum atomic E-state index is 12.1. The van der Waals surface area contributed by atoms with Gasteiger partial charge >= 0.3 is 6.09 Å². The van der Waals surface area contributed by atoms with Crippen LogP contribution < -0.4 is 5.32 Å². The molecule has 0 bridgehead atoms. The van der Waals surface area contributed by atoms with Crippen molar-refractivity contribution < 1.29 is 18.7 Å². The summed E-state index contributed by atoms with van der Waals surface area (Å²) >= 11 is 1.20. The predicted molar refractivity (Wildman–Crippen MR) is 99.1 cm³/mol. The molecule has 1 N–H and O–H groups in total. The summed E-state index contributed by atoms with van der Waals surface area (Å²) in [5, 5.41) is 10.6. The van der Waals surface area contributed by atoms with E-state index in [0.717, 1.165) is 11.3 Å². The number of carbonyl (C=O) groups excluding carboxylic acids is 2. The first-order chi connectivity index (χ1) is 13.1. The summed E-state index contributed by atoms with van der Waals surface area (Å²) < 4.78 is 11.8. The number of carbonyl (C=O) groups is 2. The van der Waals surface area contributed by atoms with E-state index in [1.807, 2.05) is 41.0 Å². The molecule has 0 saturated heterocycles. The Morgan fingerprint density at radius 1 is 1.22 bits per heavy atom. The summed E-state index contributed by atoms with van der Waals surface area (Å²) in [5.74, 6) is 0.927. The lowest BCUT2D eigenvalue weighted by Crippen LogP contribution is -2.36. The average Bonchev–Trinajstić information content (AvgIpc) is 3.33. The van der Waals surface area contributed by atoms with Crippen LogP contribution in [0, 0.1) is 0 Å². The molecule has 0 aliphatic heterocycles. The summed E-state index contributed by atoms with van der Waals surface area (Å²) in [6.07, 6.45) is 0.802. The van der Waals surface area contributed by atoms with E-state index >= 15 is 0 Å². The van der Waals surface area contributed by atoms with Crippen LogP contribution >= 0.6 is 11.8 Å². The number of thioether (sulfide) groups is 1. The highest BCUT2D eigenvalue weighted by molar-refractivity contribution is 8.00. The van der Waals surface area contributed by atoms with E-state index in [1.54, 1.807) is 19.3 Å². The third kappa shape index (κ3) is 4.56. The normalized spacial score (nSPS) is 11.8. The van der Waals surface area contributed by atoms with Crippen molar-refractivity contribution in [3.63, 3.8) is 0 Å². The van der Waals surface area contributed by atoms with Gasteiger partial charge in [-0.2, -0.15) is 0 Å². The Kier molecular flexibility index (Phi) is 5.92. The van der Waals surface area contributed by atoms with Crippen molar-refractivity contribution in [1.29, 1.82) is 0 Å². The van der Waals surface area contributed by atoms with E-state index in [0.29, 0.717) is 17.5 Å². The number of alkyl carbamates (subject to hydrolysis) is 1. The summed E-state index contributed by atoms with van der Waals surface area (Å²) in [4.78, 5) is 23.4. The zero-order valence-corrected chi connectivity index (χ0v) is 15.6. The summed E-state index contributed by atoms with van der Waals surface area (Å²) in [7, 11) is 1.20. The standard InChI is InChI=1S/C18H18N4O4S/c1-12(16(23)19-18(24)25-2)27-17-21-20-15(13-7-4-3-5-8-13)22(17)11-14-9-6-10-26-14/h3-10,12H,11H2,1-2H3,(H,19,23,24)/t12-/m1/s1. The number of methoxy groups -OCH3 is 1. The molecule has 9 heteroatoms. The molecule has 8 nitrogen and oxygen atoms in total. The number of nitrogens with zero attached hydrogens (tertiary/aromatic N) is 3. The number of hydrogen-bond donors (Lipinski definition) is 1. The van der Waals surface area contributed by atoms with E-state index in [1.165, 1.54) is 18.9 Å². The summed E-state index contributed by atoms with van der Waals surface area (Å²) in [6, 6.07) is 13.3. The third-order valence-electron chi connectivity index (χ3n) is 3.70. The van der Waals surface area contributed by atoms with Crippen LogP contribution in [0.15, 0.2) is 58.3 Å². The van der Waals surface area contributed by atoms with Gasteiger partial charge in [0.25, 0.3) is 0 Å².